The molecule has 0 aliphatic carbocycles. The molecule has 1 aromatic rings. The van der Waals surface area contributed by atoms with Gasteiger partial charge in [0.1, 0.15) is 6.07 Å². The number of carbonyl (C=O) groups is 1. The van der Waals surface area contributed by atoms with Gasteiger partial charge in [-0.05, 0) is 34.1 Å². The molecular weight excluding hydrogens is 300 g/mol. The number of nitrogens with two attached hydrogens (primary N) is 2. The summed E-state index contributed by atoms with van der Waals surface area (Å²) >= 11 is 3.18. The molecule has 18 heavy (non-hydrogen) atoms. The van der Waals surface area contributed by atoms with Crippen LogP contribution in [0.4, 0.5) is 5.69 Å². The predicted octanol–water partition coefficient (Wildman–Crippen LogP) is 0.775. The van der Waals surface area contributed by atoms with Crippen molar-refractivity contribution in [1.82, 2.24) is 0 Å². The maximum Gasteiger partial charge on any atom is 0.249 e. The van der Waals surface area contributed by atoms with Gasteiger partial charge >= 0.3 is 0 Å². The normalized spacial score (nSPS) is 10.6. The molecule has 0 saturated carbocycles. The van der Waals surface area contributed by atoms with E-state index in [4.69, 9.17) is 22.1 Å². The zero-order valence-electron chi connectivity index (χ0n) is 9.07. The van der Waals surface area contributed by atoms with Gasteiger partial charge in [0.15, 0.2) is 5.84 Å². The van der Waals surface area contributed by atoms with Crippen molar-refractivity contribution in [2.75, 3.05) is 5.43 Å². The van der Waals surface area contributed by atoms with Crippen molar-refractivity contribution in [3.63, 3.8) is 0 Å². The fraction of sp³-hybridized carbons (Fsp3) is 0. The van der Waals surface area contributed by atoms with Crippen molar-refractivity contribution in [2.45, 2.75) is 0 Å². The van der Waals surface area contributed by atoms with E-state index in [0.717, 1.165) is 0 Å². The van der Waals surface area contributed by atoms with Crippen molar-refractivity contribution in [3.8, 4) is 6.07 Å². The zero-order chi connectivity index (χ0) is 13.7. The van der Waals surface area contributed by atoms with Crippen LogP contribution in [-0.2, 0) is 0 Å². The number of carbonyl (C=O) groups excluding carboxylic acids is 1. The molecule has 8 heteroatoms. The maximum absolute atomic E-state index is 11.1. The average Bonchev–Trinajstić information content (AvgIpc) is 2.31. The lowest BCUT2D eigenvalue weighted by Gasteiger charge is -2.04. The highest BCUT2D eigenvalue weighted by molar-refractivity contribution is 9.10. The lowest BCUT2D eigenvalue weighted by atomic mass is 10.2. The van der Waals surface area contributed by atoms with Gasteiger partial charge in [0.2, 0.25) is 11.6 Å². The first-order valence-electron chi connectivity index (χ1n) is 4.63. The Morgan fingerprint density at radius 2 is 2.17 bits per heavy atom. The third-order valence-corrected chi connectivity index (χ3v) is 2.58. The first-order chi connectivity index (χ1) is 8.45. The average molecular weight is 309 g/mol. The quantitative estimate of drug-likeness (QED) is 0.370. The van der Waals surface area contributed by atoms with Crippen LogP contribution >= 0.6 is 15.9 Å². The largest absolute Gasteiger partial charge is 0.382 e. The van der Waals surface area contributed by atoms with Gasteiger partial charge in [0.25, 0.3) is 0 Å². The Morgan fingerprint density at radius 3 is 2.67 bits per heavy atom. The molecule has 7 nitrogen and oxygen atoms in total. The minimum Gasteiger partial charge on any atom is -0.382 e. The highest BCUT2D eigenvalue weighted by Gasteiger charge is 2.07. The van der Waals surface area contributed by atoms with E-state index in [1.807, 2.05) is 0 Å². The lowest BCUT2D eigenvalue weighted by molar-refractivity contribution is 0.0999. The summed E-state index contributed by atoms with van der Waals surface area (Å²) in [5, 5.41) is 19.3. The van der Waals surface area contributed by atoms with Gasteiger partial charge in [0.05, 0.1) is 11.3 Å². The van der Waals surface area contributed by atoms with E-state index in [0.29, 0.717) is 10.2 Å². The zero-order valence-corrected chi connectivity index (χ0v) is 10.7. The number of hydrogen-bond acceptors (Lipinski definition) is 5. The molecule has 0 unspecified atom stereocenters. The smallest absolute Gasteiger partial charge is 0.249 e. The van der Waals surface area contributed by atoms with Crippen LogP contribution in [0.3, 0.4) is 0 Å². The van der Waals surface area contributed by atoms with Crippen LogP contribution in [0, 0.1) is 16.7 Å². The summed E-state index contributed by atoms with van der Waals surface area (Å²) in [7, 11) is 0. The first-order valence-corrected chi connectivity index (χ1v) is 5.42. The Kier molecular flexibility index (Phi) is 4.39. The van der Waals surface area contributed by atoms with E-state index in [-0.39, 0.29) is 11.3 Å². The van der Waals surface area contributed by atoms with Crippen LogP contribution in [0.15, 0.2) is 27.8 Å². The number of primary amides is 1. The van der Waals surface area contributed by atoms with Crippen molar-refractivity contribution in [1.29, 1.82) is 10.7 Å². The van der Waals surface area contributed by atoms with Crippen LogP contribution in [0.1, 0.15) is 10.4 Å². The van der Waals surface area contributed by atoms with E-state index in [2.05, 4.69) is 26.5 Å². The molecule has 0 bridgehead atoms. The van der Waals surface area contributed by atoms with Gasteiger partial charge in [-0.2, -0.15) is 10.4 Å². The number of halogens is 1. The molecule has 0 saturated heterocycles. The summed E-state index contributed by atoms with van der Waals surface area (Å²) in [6.07, 6.45) is 0. The Morgan fingerprint density at radius 1 is 1.50 bits per heavy atom. The Balaban J connectivity index is 3.00. The minimum absolute atomic E-state index is 0.251. The maximum atomic E-state index is 11.1. The highest BCUT2D eigenvalue weighted by atomic mass is 79.9. The summed E-state index contributed by atoms with van der Waals surface area (Å²) in [5.41, 5.74) is 13.3. The molecule has 0 aromatic heterocycles. The summed E-state index contributed by atoms with van der Waals surface area (Å²) < 4.78 is 0.552. The standard InChI is InChI=1S/C10H9BrN6O/c11-7-2-1-5(3-6(7)10(15)18)16-17-8(4-12)9(13)14/h1-3,16H,(H3,13,14)(H2,15,18)/b17-8+. The van der Waals surface area contributed by atoms with Crippen LogP contribution < -0.4 is 16.9 Å². The second-order valence-corrected chi connectivity index (χ2v) is 4.01. The number of amides is 1. The number of amidine groups is 1. The second-order valence-electron chi connectivity index (χ2n) is 3.16. The summed E-state index contributed by atoms with van der Waals surface area (Å²) in [6.45, 7) is 0. The molecule has 0 fully saturated rings. The van der Waals surface area contributed by atoms with Gasteiger partial charge in [-0.3, -0.25) is 15.6 Å². The third-order valence-electron chi connectivity index (χ3n) is 1.89. The van der Waals surface area contributed by atoms with E-state index < -0.39 is 11.7 Å². The van der Waals surface area contributed by atoms with Crippen molar-refractivity contribution < 1.29 is 4.79 Å². The minimum atomic E-state index is -0.596. The molecule has 6 N–H and O–H groups in total. The fourth-order valence-electron chi connectivity index (χ4n) is 1.05. The second kappa shape index (κ2) is 5.79. The molecule has 1 aromatic carbocycles. The van der Waals surface area contributed by atoms with Crippen LogP contribution in [0.25, 0.3) is 0 Å². The lowest BCUT2D eigenvalue weighted by Crippen LogP contribution is -2.22. The van der Waals surface area contributed by atoms with Crippen LogP contribution in [0.5, 0.6) is 0 Å². The van der Waals surface area contributed by atoms with Gasteiger partial charge in [-0.1, -0.05) is 0 Å². The van der Waals surface area contributed by atoms with Crippen molar-refractivity contribution in [3.05, 3.63) is 28.2 Å². The Bertz CT molecular complexity index is 574. The number of nitrogens with zero attached hydrogens (tertiary/aromatic N) is 2. The van der Waals surface area contributed by atoms with Gasteiger partial charge in [-0.25, -0.2) is 0 Å². The number of benzene rings is 1. The van der Waals surface area contributed by atoms with Crippen molar-refractivity contribution >= 4 is 39.1 Å². The SMILES string of the molecule is N#C/C(=N\Nc1ccc(Br)c(C(N)=O)c1)C(=N)N. The van der Waals surface area contributed by atoms with Crippen LogP contribution in [-0.4, -0.2) is 17.5 Å². The van der Waals surface area contributed by atoms with E-state index in [1.165, 1.54) is 6.07 Å². The molecule has 92 valence electrons. The predicted molar refractivity (Wildman–Crippen MR) is 71.2 cm³/mol. The number of hydrogen-bond donors (Lipinski definition) is 4. The topological polar surface area (TPSA) is 141 Å². The van der Waals surface area contributed by atoms with Crippen molar-refractivity contribution in [2.24, 2.45) is 16.6 Å². The molecule has 0 aliphatic heterocycles. The molecule has 0 aliphatic rings. The number of nitriles is 1. The monoisotopic (exact) mass is 308 g/mol. The van der Waals surface area contributed by atoms with Crippen LogP contribution in [0.2, 0.25) is 0 Å². The van der Waals surface area contributed by atoms with E-state index >= 15 is 0 Å². The summed E-state index contributed by atoms with van der Waals surface area (Å²) in [5.74, 6) is -1.04. The Hall–Kier alpha value is -2.40. The van der Waals surface area contributed by atoms with Gasteiger partial charge < -0.3 is 11.5 Å². The third kappa shape index (κ3) is 3.29. The highest BCUT2D eigenvalue weighted by Crippen LogP contribution is 2.20. The van der Waals surface area contributed by atoms with E-state index in [9.17, 15) is 4.79 Å². The fourth-order valence-corrected chi connectivity index (χ4v) is 1.49. The van der Waals surface area contributed by atoms with E-state index in [1.54, 1.807) is 18.2 Å². The molecule has 1 amide bonds. The molecule has 1 rings (SSSR count). The number of hydrazone groups is 1. The number of nitrogens with one attached hydrogen (secondary N) is 2. The molecule has 0 heterocycles. The Labute approximate surface area is 111 Å². The molecule has 0 radical (unpaired) electrons. The number of anilines is 1. The van der Waals surface area contributed by atoms with Gasteiger partial charge in [0, 0.05) is 4.47 Å². The summed E-state index contributed by atoms with van der Waals surface area (Å²) in [4.78, 5) is 11.1. The number of rotatable bonds is 4. The first kappa shape index (κ1) is 13.7. The summed E-state index contributed by atoms with van der Waals surface area (Å²) in [6, 6.07) is 6.35. The van der Waals surface area contributed by atoms with Gasteiger partial charge in [-0.15, -0.1) is 0 Å². The molecule has 0 spiro atoms. The molecular formula is C10H9BrN6O. The molecule has 0 atom stereocenters.